The Bertz CT molecular complexity index is 943. The molecule has 0 aliphatic rings. The van der Waals surface area contributed by atoms with Crippen molar-refractivity contribution >= 4 is 11.6 Å². The highest BCUT2D eigenvalue weighted by Gasteiger charge is 2.14. The summed E-state index contributed by atoms with van der Waals surface area (Å²) in [7, 11) is 0. The van der Waals surface area contributed by atoms with E-state index < -0.39 is 0 Å². The van der Waals surface area contributed by atoms with Crippen molar-refractivity contribution in [1.82, 2.24) is 0 Å². The van der Waals surface area contributed by atoms with Gasteiger partial charge in [0, 0.05) is 11.1 Å². The minimum absolute atomic E-state index is 0.141. The van der Waals surface area contributed by atoms with Crippen LogP contribution < -0.4 is 9.47 Å². The zero-order valence-electron chi connectivity index (χ0n) is 30.3. The first-order chi connectivity index (χ1) is 23.1. The fourth-order valence-corrected chi connectivity index (χ4v) is 6.09. The SMILES string of the molecule is CCCCCCCCCCCCCCOc1ccc(C(=O)CC(=O)c2ccc(OCCCCCCCCCCCCCC)cc2)cc1. The lowest BCUT2D eigenvalue weighted by atomic mass is 10.0. The van der Waals surface area contributed by atoms with Crippen molar-refractivity contribution < 1.29 is 19.1 Å². The number of carbonyl (C=O) groups is 2. The van der Waals surface area contributed by atoms with Gasteiger partial charge in [0.05, 0.1) is 19.6 Å². The van der Waals surface area contributed by atoms with Crippen LogP contribution in [0.2, 0.25) is 0 Å². The van der Waals surface area contributed by atoms with Crippen LogP contribution in [0.5, 0.6) is 11.5 Å². The van der Waals surface area contributed by atoms with Crippen LogP contribution >= 0.6 is 0 Å². The summed E-state index contributed by atoms with van der Waals surface area (Å²) in [6, 6.07) is 14.4. The number of unbranched alkanes of at least 4 members (excludes halogenated alkanes) is 22. The lowest BCUT2D eigenvalue weighted by Crippen LogP contribution is -2.09. The van der Waals surface area contributed by atoms with Gasteiger partial charge in [-0.3, -0.25) is 9.59 Å². The standard InChI is InChI=1S/C43H68O4/c1-3-5-7-9-11-13-15-17-19-21-23-25-35-46-40-31-27-38(28-32-40)42(44)37-43(45)39-29-33-41(34-30-39)47-36-26-24-22-20-18-16-14-12-10-8-6-4-2/h27-34H,3-26,35-37H2,1-2H3. The molecule has 0 heterocycles. The molecule has 0 aliphatic heterocycles. The van der Waals surface area contributed by atoms with Crippen molar-refractivity contribution in [1.29, 1.82) is 0 Å². The highest BCUT2D eigenvalue weighted by Crippen LogP contribution is 2.19. The normalized spacial score (nSPS) is 11.1. The summed E-state index contributed by atoms with van der Waals surface area (Å²) in [5, 5.41) is 0. The highest BCUT2D eigenvalue weighted by atomic mass is 16.5. The Morgan fingerprint density at radius 3 is 0.915 bits per heavy atom. The van der Waals surface area contributed by atoms with E-state index in [9.17, 15) is 9.59 Å². The highest BCUT2D eigenvalue weighted by molar-refractivity contribution is 6.13. The Balaban J connectivity index is 1.50. The van der Waals surface area contributed by atoms with Crippen molar-refractivity contribution in [2.45, 2.75) is 174 Å². The minimum Gasteiger partial charge on any atom is -0.494 e. The average molecular weight is 649 g/mol. The molecule has 0 saturated heterocycles. The smallest absolute Gasteiger partial charge is 0.170 e. The molecule has 0 radical (unpaired) electrons. The summed E-state index contributed by atoms with van der Waals surface area (Å²) in [6.07, 6.45) is 31.6. The van der Waals surface area contributed by atoms with Crippen LogP contribution in [0.4, 0.5) is 0 Å². The van der Waals surface area contributed by atoms with Crippen LogP contribution in [-0.4, -0.2) is 24.8 Å². The maximum Gasteiger partial charge on any atom is 0.170 e. The molecular formula is C43H68O4. The number of carbonyl (C=O) groups excluding carboxylic acids is 2. The molecule has 4 heteroatoms. The largest absolute Gasteiger partial charge is 0.494 e. The Hall–Kier alpha value is -2.62. The van der Waals surface area contributed by atoms with Crippen molar-refractivity contribution in [2.24, 2.45) is 0 Å². The van der Waals surface area contributed by atoms with E-state index in [0.717, 1.165) is 24.3 Å². The van der Waals surface area contributed by atoms with E-state index in [-0.39, 0.29) is 18.0 Å². The fraction of sp³-hybridized carbons (Fsp3) is 0.674. The molecule has 2 rings (SSSR count). The van der Waals surface area contributed by atoms with Crippen LogP contribution in [0.15, 0.2) is 48.5 Å². The summed E-state index contributed by atoms with van der Waals surface area (Å²) in [5.74, 6) is 1.20. The summed E-state index contributed by atoms with van der Waals surface area (Å²) in [6.45, 7) is 5.93. The van der Waals surface area contributed by atoms with Crippen molar-refractivity contribution in [3.05, 3.63) is 59.7 Å². The van der Waals surface area contributed by atoms with Gasteiger partial charge in [0.2, 0.25) is 0 Å². The third-order valence-electron chi connectivity index (χ3n) is 9.21. The van der Waals surface area contributed by atoms with Crippen molar-refractivity contribution in [2.75, 3.05) is 13.2 Å². The van der Waals surface area contributed by atoms with Gasteiger partial charge in [-0.05, 0) is 61.4 Å². The molecule has 0 atom stereocenters. The number of Topliss-reactive ketones (excluding diaryl/α,β-unsaturated/α-hetero) is 2. The van der Waals surface area contributed by atoms with Gasteiger partial charge in [-0.15, -0.1) is 0 Å². The summed E-state index contributed by atoms with van der Waals surface area (Å²) >= 11 is 0. The van der Waals surface area contributed by atoms with Gasteiger partial charge < -0.3 is 9.47 Å². The third kappa shape index (κ3) is 21.1. The minimum atomic E-state index is -0.171. The van der Waals surface area contributed by atoms with Gasteiger partial charge >= 0.3 is 0 Å². The molecular weight excluding hydrogens is 580 g/mol. The molecule has 0 fully saturated rings. The number of benzene rings is 2. The van der Waals surface area contributed by atoms with Gasteiger partial charge in [-0.1, -0.05) is 155 Å². The van der Waals surface area contributed by atoms with Crippen LogP contribution in [0.1, 0.15) is 195 Å². The maximum absolute atomic E-state index is 12.8. The van der Waals surface area contributed by atoms with Crippen molar-refractivity contribution in [3.63, 3.8) is 0 Å². The van der Waals surface area contributed by atoms with Crippen LogP contribution in [0.3, 0.4) is 0 Å². The van der Waals surface area contributed by atoms with Crippen LogP contribution in [0, 0.1) is 0 Å². The second kappa shape index (κ2) is 28.4. The molecule has 0 saturated carbocycles. The van der Waals surface area contributed by atoms with Crippen molar-refractivity contribution in [3.8, 4) is 11.5 Å². The third-order valence-corrected chi connectivity index (χ3v) is 9.21. The molecule has 47 heavy (non-hydrogen) atoms. The molecule has 0 bridgehead atoms. The maximum atomic E-state index is 12.8. The zero-order chi connectivity index (χ0) is 33.6. The number of ether oxygens (including phenoxy) is 2. The lowest BCUT2D eigenvalue weighted by molar-refractivity contribution is 0.0894. The fourth-order valence-electron chi connectivity index (χ4n) is 6.09. The Morgan fingerprint density at radius 2 is 0.638 bits per heavy atom. The Morgan fingerprint density at radius 1 is 0.383 bits per heavy atom. The molecule has 0 spiro atoms. The molecule has 0 aliphatic carbocycles. The Labute approximate surface area is 288 Å². The second-order valence-corrected chi connectivity index (χ2v) is 13.5. The van der Waals surface area contributed by atoms with E-state index >= 15 is 0 Å². The quantitative estimate of drug-likeness (QED) is 0.0450. The van der Waals surface area contributed by atoms with E-state index in [1.54, 1.807) is 24.3 Å². The molecule has 0 amide bonds. The number of hydrogen-bond acceptors (Lipinski definition) is 4. The first-order valence-corrected chi connectivity index (χ1v) is 19.7. The van der Waals surface area contributed by atoms with E-state index in [4.69, 9.17) is 9.47 Å². The van der Waals surface area contributed by atoms with Crippen LogP contribution in [-0.2, 0) is 0 Å². The molecule has 2 aromatic rings. The van der Waals surface area contributed by atoms with Gasteiger partial charge in [0.25, 0.3) is 0 Å². The summed E-state index contributed by atoms with van der Waals surface area (Å²) < 4.78 is 11.8. The molecule has 4 nitrogen and oxygen atoms in total. The molecule has 0 N–H and O–H groups in total. The Kier molecular flexibility index (Phi) is 24.5. The summed E-state index contributed by atoms with van der Waals surface area (Å²) in [5.41, 5.74) is 1.08. The monoisotopic (exact) mass is 649 g/mol. The van der Waals surface area contributed by atoms with Gasteiger partial charge in [0.15, 0.2) is 11.6 Å². The first kappa shape index (κ1) is 40.6. The number of ketones is 2. The van der Waals surface area contributed by atoms with E-state index in [1.807, 2.05) is 24.3 Å². The zero-order valence-corrected chi connectivity index (χ0v) is 30.3. The lowest BCUT2D eigenvalue weighted by Gasteiger charge is -2.08. The predicted octanol–water partition coefficient (Wildman–Crippen LogP) is 13.3. The van der Waals surface area contributed by atoms with E-state index in [1.165, 1.54) is 141 Å². The number of hydrogen-bond donors (Lipinski definition) is 0. The molecule has 0 unspecified atom stereocenters. The molecule has 2 aromatic carbocycles. The van der Waals surface area contributed by atoms with Crippen LogP contribution in [0.25, 0.3) is 0 Å². The second-order valence-electron chi connectivity index (χ2n) is 13.5. The first-order valence-electron chi connectivity index (χ1n) is 19.7. The van der Waals surface area contributed by atoms with Gasteiger partial charge in [-0.25, -0.2) is 0 Å². The van der Waals surface area contributed by atoms with Gasteiger partial charge in [-0.2, -0.15) is 0 Å². The van der Waals surface area contributed by atoms with Gasteiger partial charge in [0.1, 0.15) is 11.5 Å². The topological polar surface area (TPSA) is 52.6 Å². The van der Waals surface area contributed by atoms with E-state index in [0.29, 0.717) is 24.3 Å². The molecule has 264 valence electrons. The average Bonchev–Trinajstić information content (AvgIpc) is 3.09. The summed E-state index contributed by atoms with van der Waals surface area (Å²) in [4.78, 5) is 25.5. The predicted molar refractivity (Wildman–Crippen MR) is 199 cm³/mol. The number of rotatable bonds is 32. The molecule has 0 aromatic heterocycles. The van der Waals surface area contributed by atoms with E-state index in [2.05, 4.69) is 13.8 Å².